The van der Waals surface area contributed by atoms with Gasteiger partial charge in [-0.25, -0.2) is 18.7 Å². The molecule has 0 spiro atoms. The summed E-state index contributed by atoms with van der Waals surface area (Å²) in [4.78, 5) is 23.6. The minimum atomic E-state index is -0.729. The standard InChI is InChI=1S/C15H14F2N4O2/c1-20(2)12-8-18-11(7-19-12)15(22)21-5-6-23-14-10(17)4-3-9(16)13(14)21/h3-4,7-8H,5-6H2,1-2H3. The molecule has 1 aromatic carbocycles. The Morgan fingerprint density at radius 2 is 1.96 bits per heavy atom. The Morgan fingerprint density at radius 3 is 2.61 bits per heavy atom. The number of carbonyl (C=O) groups excluding carboxylic acids is 1. The molecule has 2 heterocycles. The maximum absolute atomic E-state index is 14.1. The predicted octanol–water partition coefficient (Wildman–Crippen LogP) is 1.86. The van der Waals surface area contributed by atoms with Crippen molar-refractivity contribution in [3.63, 3.8) is 0 Å². The number of hydrogen-bond donors (Lipinski definition) is 0. The molecule has 1 aromatic heterocycles. The lowest BCUT2D eigenvalue weighted by molar-refractivity contribution is 0.0969. The highest BCUT2D eigenvalue weighted by Gasteiger charge is 2.30. The number of carbonyl (C=O) groups is 1. The molecule has 0 aliphatic carbocycles. The molecule has 6 nitrogen and oxygen atoms in total. The van der Waals surface area contributed by atoms with Gasteiger partial charge >= 0.3 is 0 Å². The van der Waals surface area contributed by atoms with Crippen LogP contribution in [0.4, 0.5) is 20.3 Å². The molecular weight excluding hydrogens is 306 g/mol. The van der Waals surface area contributed by atoms with Crippen LogP contribution in [0.3, 0.4) is 0 Å². The minimum Gasteiger partial charge on any atom is -0.486 e. The maximum Gasteiger partial charge on any atom is 0.278 e. The predicted molar refractivity (Wildman–Crippen MR) is 79.9 cm³/mol. The third-order valence-corrected chi connectivity index (χ3v) is 3.43. The zero-order valence-electron chi connectivity index (χ0n) is 12.6. The van der Waals surface area contributed by atoms with Crippen LogP contribution in [-0.2, 0) is 0 Å². The van der Waals surface area contributed by atoms with E-state index >= 15 is 0 Å². The Morgan fingerprint density at radius 1 is 1.22 bits per heavy atom. The van der Waals surface area contributed by atoms with E-state index in [1.807, 2.05) is 0 Å². The maximum atomic E-state index is 14.1. The van der Waals surface area contributed by atoms with Crippen LogP contribution in [0.5, 0.6) is 5.75 Å². The molecule has 0 saturated heterocycles. The molecule has 8 heteroatoms. The minimum absolute atomic E-state index is 0.0483. The first kappa shape index (κ1) is 15.1. The molecule has 3 rings (SSSR count). The zero-order valence-corrected chi connectivity index (χ0v) is 12.6. The van der Waals surface area contributed by atoms with Crippen molar-refractivity contribution in [2.75, 3.05) is 37.0 Å². The number of hydrogen-bond acceptors (Lipinski definition) is 5. The third-order valence-electron chi connectivity index (χ3n) is 3.43. The average molecular weight is 320 g/mol. The van der Waals surface area contributed by atoms with Gasteiger partial charge in [-0.2, -0.15) is 0 Å². The van der Waals surface area contributed by atoms with Crippen molar-refractivity contribution < 1.29 is 18.3 Å². The van der Waals surface area contributed by atoms with E-state index in [0.717, 1.165) is 17.0 Å². The normalized spacial score (nSPS) is 13.3. The van der Waals surface area contributed by atoms with Gasteiger partial charge < -0.3 is 9.64 Å². The lowest BCUT2D eigenvalue weighted by Gasteiger charge is -2.29. The number of ether oxygens (including phenoxy) is 1. The van der Waals surface area contributed by atoms with Crippen LogP contribution < -0.4 is 14.5 Å². The van der Waals surface area contributed by atoms with Gasteiger partial charge in [-0.1, -0.05) is 0 Å². The summed E-state index contributed by atoms with van der Waals surface area (Å²) in [6, 6.07) is 1.93. The van der Waals surface area contributed by atoms with Crippen molar-refractivity contribution >= 4 is 17.4 Å². The quantitative estimate of drug-likeness (QED) is 0.845. The van der Waals surface area contributed by atoms with Gasteiger partial charge in [0.2, 0.25) is 0 Å². The zero-order chi connectivity index (χ0) is 16.6. The monoisotopic (exact) mass is 320 g/mol. The summed E-state index contributed by atoms with van der Waals surface area (Å²) in [5, 5.41) is 0. The van der Waals surface area contributed by atoms with E-state index in [0.29, 0.717) is 5.82 Å². The fourth-order valence-corrected chi connectivity index (χ4v) is 2.27. The Bertz CT molecular complexity index is 750. The van der Waals surface area contributed by atoms with E-state index in [2.05, 4.69) is 9.97 Å². The number of halogens is 2. The fourth-order valence-electron chi connectivity index (χ4n) is 2.27. The number of nitrogens with zero attached hydrogens (tertiary/aromatic N) is 4. The van der Waals surface area contributed by atoms with E-state index < -0.39 is 17.5 Å². The van der Waals surface area contributed by atoms with Crippen molar-refractivity contribution in [3.8, 4) is 5.75 Å². The number of amides is 1. The van der Waals surface area contributed by atoms with Crippen molar-refractivity contribution in [1.29, 1.82) is 0 Å². The van der Waals surface area contributed by atoms with Gasteiger partial charge in [-0.05, 0) is 12.1 Å². The highest BCUT2D eigenvalue weighted by Crippen LogP contribution is 2.37. The SMILES string of the molecule is CN(C)c1cnc(C(=O)N2CCOc3c(F)ccc(F)c32)cn1. The van der Waals surface area contributed by atoms with Crippen molar-refractivity contribution in [1.82, 2.24) is 9.97 Å². The van der Waals surface area contributed by atoms with Crippen molar-refractivity contribution in [2.45, 2.75) is 0 Å². The summed E-state index contributed by atoms with van der Waals surface area (Å²) < 4.78 is 33.0. The van der Waals surface area contributed by atoms with E-state index in [1.165, 1.54) is 12.4 Å². The number of anilines is 2. The number of aromatic nitrogens is 2. The number of fused-ring (bicyclic) bond motifs is 1. The fraction of sp³-hybridized carbons (Fsp3) is 0.267. The summed E-state index contributed by atoms with van der Waals surface area (Å²) in [6.45, 7) is 0.172. The molecule has 120 valence electrons. The van der Waals surface area contributed by atoms with Crippen LogP contribution in [0.25, 0.3) is 0 Å². The second-order valence-electron chi connectivity index (χ2n) is 5.17. The second-order valence-corrected chi connectivity index (χ2v) is 5.17. The van der Waals surface area contributed by atoms with Crippen molar-refractivity contribution in [2.24, 2.45) is 0 Å². The Kier molecular flexibility index (Phi) is 3.81. The molecule has 1 amide bonds. The van der Waals surface area contributed by atoms with Crippen LogP contribution in [-0.4, -0.2) is 43.1 Å². The Balaban J connectivity index is 1.97. The van der Waals surface area contributed by atoms with Crippen LogP contribution in [0.1, 0.15) is 10.5 Å². The molecule has 1 aliphatic rings. The van der Waals surface area contributed by atoms with Gasteiger partial charge in [-0.3, -0.25) is 9.69 Å². The summed E-state index contributed by atoms with van der Waals surface area (Å²) >= 11 is 0. The molecule has 0 atom stereocenters. The number of benzene rings is 1. The van der Waals surface area contributed by atoms with Crippen molar-refractivity contribution in [3.05, 3.63) is 41.9 Å². The summed E-state index contributed by atoms with van der Waals surface area (Å²) in [7, 11) is 3.59. The first-order chi connectivity index (χ1) is 11.0. The molecule has 0 fully saturated rings. The molecule has 23 heavy (non-hydrogen) atoms. The van der Waals surface area contributed by atoms with Gasteiger partial charge in [0, 0.05) is 14.1 Å². The molecule has 2 aromatic rings. The highest BCUT2D eigenvalue weighted by atomic mass is 19.1. The average Bonchev–Trinajstić information content (AvgIpc) is 2.57. The third kappa shape index (κ3) is 2.67. The van der Waals surface area contributed by atoms with Crippen LogP contribution in [0.15, 0.2) is 24.5 Å². The summed E-state index contributed by atoms with van der Waals surface area (Å²) in [5.41, 5.74) is -0.160. The number of rotatable bonds is 2. The van der Waals surface area contributed by atoms with Gasteiger partial charge in [0.15, 0.2) is 17.4 Å². The topological polar surface area (TPSA) is 58.6 Å². The molecule has 0 radical (unpaired) electrons. The first-order valence-electron chi connectivity index (χ1n) is 6.91. The summed E-state index contributed by atoms with van der Waals surface area (Å²) in [5.74, 6) is -1.68. The van der Waals surface area contributed by atoms with Crippen LogP contribution in [0.2, 0.25) is 0 Å². The molecule has 0 saturated carbocycles. The van der Waals surface area contributed by atoms with Gasteiger partial charge in [-0.15, -0.1) is 0 Å². The Labute approximate surface area is 131 Å². The first-order valence-corrected chi connectivity index (χ1v) is 6.91. The molecule has 0 unspecified atom stereocenters. The molecule has 0 bridgehead atoms. The molecule has 0 N–H and O–H groups in total. The lowest BCUT2D eigenvalue weighted by Crippen LogP contribution is -2.39. The molecule has 1 aliphatic heterocycles. The lowest BCUT2D eigenvalue weighted by atomic mass is 10.2. The van der Waals surface area contributed by atoms with Gasteiger partial charge in [0.05, 0.1) is 18.9 Å². The molecular formula is C15H14F2N4O2. The van der Waals surface area contributed by atoms with E-state index in [1.54, 1.807) is 19.0 Å². The van der Waals surface area contributed by atoms with E-state index in [9.17, 15) is 13.6 Å². The smallest absolute Gasteiger partial charge is 0.278 e. The van der Waals surface area contributed by atoms with Crippen LogP contribution in [0, 0.1) is 11.6 Å². The van der Waals surface area contributed by atoms with Gasteiger partial charge in [0.25, 0.3) is 5.91 Å². The van der Waals surface area contributed by atoms with E-state index in [4.69, 9.17) is 4.74 Å². The van der Waals surface area contributed by atoms with Crippen LogP contribution >= 0.6 is 0 Å². The van der Waals surface area contributed by atoms with Gasteiger partial charge in [0.1, 0.15) is 23.8 Å². The highest BCUT2D eigenvalue weighted by molar-refractivity contribution is 6.05. The second kappa shape index (κ2) is 5.79. The largest absolute Gasteiger partial charge is 0.486 e. The summed E-state index contributed by atoms with van der Waals surface area (Å²) in [6.07, 6.45) is 2.75. The van der Waals surface area contributed by atoms with E-state index in [-0.39, 0.29) is 30.3 Å². The Hall–Kier alpha value is -2.77.